The van der Waals surface area contributed by atoms with E-state index >= 15 is 0 Å². The first-order chi connectivity index (χ1) is 16.3. The highest BCUT2D eigenvalue weighted by Crippen LogP contribution is 2.41. The molecule has 3 aromatic carbocycles. The van der Waals surface area contributed by atoms with Crippen molar-refractivity contribution in [3.05, 3.63) is 89.5 Å². The third-order valence-corrected chi connectivity index (χ3v) is 6.07. The molecule has 0 saturated carbocycles. The number of ether oxygens (including phenoxy) is 1. The molecule has 3 aromatic rings. The maximum absolute atomic E-state index is 13.3. The lowest BCUT2D eigenvalue weighted by molar-refractivity contribution is -0.137. The molecule has 2 aliphatic rings. The zero-order chi connectivity index (χ0) is 23.9. The number of aliphatic imine (C=N–C) groups is 1. The SMILES string of the molecule is C[C@@H]1CN(C2=Nc3cc(C(F)(F)F)ccc3Oc3ccccc32)CCN1C(=O)c1ccccc1. The van der Waals surface area contributed by atoms with Crippen LogP contribution < -0.4 is 4.74 Å². The van der Waals surface area contributed by atoms with Gasteiger partial charge in [0.25, 0.3) is 5.91 Å². The van der Waals surface area contributed by atoms with Gasteiger partial charge in [-0.3, -0.25) is 4.79 Å². The zero-order valence-electron chi connectivity index (χ0n) is 18.4. The molecule has 0 unspecified atom stereocenters. The van der Waals surface area contributed by atoms with Gasteiger partial charge in [0.2, 0.25) is 0 Å². The third kappa shape index (κ3) is 4.11. The Morgan fingerprint density at radius 1 is 0.971 bits per heavy atom. The Labute approximate surface area is 195 Å². The predicted molar refractivity (Wildman–Crippen MR) is 123 cm³/mol. The molecule has 2 aliphatic heterocycles. The predicted octanol–water partition coefficient (Wildman–Crippen LogP) is 5.74. The van der Waals surface area contributed by atoms with E-state index in [9.17, 15) is 18.0 Å². The number of alkyl halides is 3. The molecule has 1 atom stereocenters. The summed E-state index contributed by atoms with van der Waals surface area (Å²) < 4.78 is 46.0. The van der Waals surface area contributed by atoms with E-state index in [-0.39, 0.29) is 23.4 Å². The van der Waals surface area contributed by atoms with Crippen molar-refractivity contribution in [3.8, 4) is 11.5 Å². The molecule has 1 saturated heterocycles. The number of amides is 1. The van der Waals surface area contributed by atoms with Crippen LogP contribution in [0.1, 0.15) is 28.4 Å². The van der Waals surface area contributed by atoms with E-state index < -0.39 is 11.7 Å². The van der Waals surface area contributed by atoms with Crippen molar-refractivity contribution < 1.29 is 22.7 Å². The van der Waals surface area contributed by atoms with Gasteiger partial charge in [-0.2, -0.15) is 13.2 Å². The molecular weight excluding hydrogens is 443 g/mol. The number of halogens is 3. The van der Waals surface area contributed by atoms with Crippen molar-refractivity contribution in [2.45, 2.75) is 19.1 Å². The summed E-state index contributed by atoms with van der Waals surface area (Å²) in [6.07, 6.45) is -4.48. The average molecular weight is 465 g/mol. The first kappa shape index (κ1) is 22.0. The second-order valence-electron chi connectivity index (χ2n) is 8.37. The van der Waals surface area contributed by atoms with E-state index in [1.165, 1.54) is 6.07 Å². The molecule has 0 bridgehead atoms. The van der Waals surface area contributed by atoms with Gasteiger partial charge < -0.3 is 14.5 Å². The number of nitrogens with zero attached hydrogens (tertiary/aromatic N) is 3. The molecular formula is C26H22F3N3O2. The lowest BCUT2D eigenvalue weighted by atomic mass is 10.1. The number of carbonyl (C=O) groups is 1. The molecule has 1 fully saturated rings. The number of piperazine rings is 1. The highest BCUT2D eigenvalue weighted by atomic mass is 19.4. The summed E-state index contributed by atoms with van der Waals surface area (Å²) >= 11 is 0. The number of hydrogen-bond acceptors (Lipinski definition) is 4. The maximum Gasteiger partial charge on any atom is 0.416 e. The molecule has 8 heteroatoms. The van der Waals surface area contributed by atoms with Crippen LogP contribution in [0.15, 0.2) is 77.8 Å². The molecule has 5 nitrogen and oxygen atoms in total. The van der Waals surface area contributed by atoms with Crippen LogP contribution in [0.25, 0.3) is 0 Å². The van der Waals surface area contributed by atoms with Crippen LogP contribution in [0.2, 0.25) is 0 Å². The van der Waals surface area contributed by atoms with Gasteiger partial charge in [0.1, 0.15) is 17.3 Å². The second-order valence-corrected chi connectivity index (χ2v) is 8.37. The fourth-order valence-corrected chi connectivity index (χ4v) is 4.34. The summed E-state index contributed by atoms with van der Waals surface area (Å²) in [6, 6.07) is 19.6. The number of fused-ring (bicyclic) bond motifs is 2. The Hall–Kier alpha value is -3.81. The Morgan fingerprint density at radius 2 is 1.71 bits per heavy atom. The summed E-state index contributed by atoms with van der Waals surface area (Å²) in [5, 5.41) is 0. The number of rotatable bonds is 1. The third-order valence-electron chi connectivity index (χ3n) is 6.07. The molecule has 0 aromatic heterocycles. The van der Waals surface area contributed by atoms with Crippen molar-refractivity contribution in [1.29, 1.82) is 0 Å². The van der Waals surface area contributed by atoms with Gasteiger partial charge in [-0.15, -0.1) is 0 Å². The van der Waals surface area contributed by atoms with Crippen LogP contribution >= 0.6 is 0 Å². The van der Waals surface area contributed by atoms with E-state index in [2.05, 4.69) is 4.99 Å². The minimum absolute atomic E-state index is 0.0422. The quantitative estimate of drug-likeness (QED) is 0.461. The molecule has 0 radical (unpaired) electrons. The highest BCUT2D eigenvalue weighted by Gasteiger charge is 2.34. The standard InChI is InChI=1S/C26H22F3N3O2/c1-17-16-31(13-14-32(17)25(33)18-7-3-2-4-8-18)24-20-9-5-6-10-22(20)34-23-12-11-19(26(27,28)29)15-21(23)30-24/h2-12,15,17H,13-14,16H2,1H3/t17-/m1/s1. The van der Waals surface area contributed by atoms with Crippen molar-refractivity contribution in [2.24, 2.45) is 4.99 Å². The lowest BCUT2D eigenvalue weighted by Crippen LogP contribution is -2.55. The normalized spacial score (nSPS) is 17.8. The number of benzene rings is 3. The monoisotopic (exact) mass is 465 g/mol. The highest BCUT2D eigenvalue weighted by molar-refractivity contribution is 6.04. The van der Waals surface area contributed by atoms with E-state index in [0.29, 0.717) is 42.3 Å². The van der Waals surface area contributed by atoms with Gasteiger partial charge in [-0.25, -0.2) is 4.99 Å². The molecule has 174 valence electrons. The summed E-state index contributed by atoms with van der Waals surface area (Å²) in [6.45, 7) is 3.40. The summed E-state index contributed by atoms with van der Waals surface area (Å²) in [7, 11) is 0. The average Bonchev–Trinajstić information content (AvgIpc) is 3.00. The first-order valence-corrected chi connectivity index (χ1v) is 11.0. The second kappa shape index (κ2) is 8.52. The van der Waals surface area contributed by atoms with E-state index in [0.717, 1.165) is 12.1 Å². The first-order valence-electron chi connectivity index (χ1n) is 11.0. The van der Waals surface area contributed by atoms with Gasteiger partial charge in [0.05, 0.1) is 11.1 Å². The molecule has 0 N–H and O–H groups in total. The van der Waals surface area contributed by atoms with Crippen LogP contribution in [-0.2, 0) is 6.18 Å². The van der Waals surface area contributed by atoms with Crippen molar-refractivity contribution in [2.75, 3.05) is 19.6 Å². The Balaban J connectivity index is 1.49. The maximum atomic E-state index is 13.3. The summed E-state index contributed by atoms with van der Waals surface area (Å²) in [5.41, 5.74) is 0.663. The van der Waals surface area contributed by atoms with Crippen molar-refractivity contribution in [3.63, 3.8) is 0 Å². The number of carbonyl (C=O) groups excluding carboxylic acids is 1. The van der Waals surface area contributed by atoms with Gasteiger partial charge in [0, 0.05) is 31.2 Å². The minimum atomic E-state index is -4.48. The van der Waals surface area contributed by atoms with Crippen LogP contribution in [0.5, 0.6) is 11.5 Å². The van der Waals surface area contributed by atoms with Gasteiger partial charge in [0.15, 0.2) is 5.75 Å². The zero-order valence-corrected chi connectivity index (χ0v) is 18.4. The molecule has 1 amide bonds. The van der Waals surface area contributed by atoms with Gasteiger partial charge >= 0.3 is 6.18 Å². The van der Waals surface area contributed by atoms with E-state index in [4.69, 9.17) is 4.74 Å². The number of para-hydroxylation sites is 1. The van der Waals surface area contributed by atoms with Crippen LogP contribution in [0.4, 0.5) is 18.9 Å². The summed E-state index contributed by atoms with van der Waals surface area (Å²) in [5.74, 6) is 1.28. The van der Waals surface area contributed by atoms with Crippen LogP contribution in [0, 0.1) is 0 Å². The molecule has 0 spiro atoms. The fraction of sp³-hybridized carbons (Fsp3) is 0.231. The number of amidine groups is 1. The van der Waals surface area contributed by atoms with E-state index in [1.54, 1.807) is 18.2 Å². The number of hydrogen-bond donors (Lipinski definition) is 0. The van der Waals surface area contributed by atoms with Crippen LogP contribution in [-0.4, -0.2) is 47.2 Å². The van der Waals surface area contributed by atoms with Crippen molar-refractivity contribution >= 4 is 17.4 Å². The minimum Gasteiger partial charge on any atom is -0.454 e. The van der Waals surface area contributed by atoms with Gasteiger partial charge in [-0.1, -0.05) is 30.3 Å². The topological polar surface area (TPSA) is 45.1 Å². The Morgan fingerprint density at radius 3 is 2.44 bits per heavy atom. The van der Waals surface area contributed by atoms with Gasteiger partial charge in [-0.05, 0) is 49.4 Å². The summed E-state index contributed by atoms with van der Waals surface area (Å²) in [4.78, 5) is 21.5. The van der Waals surface area contributed by atoms with Crippen molar-refractivity contribution in [1.82, 2.24) is 9.80 Å². The Kier molecular flexibility index (Phi) is 5.51. The van der Waals surface area contributed by atoms with E-state index in [1.807, 2.05) is 53.1 Å². The largest absolute Gasteiger partial charge is 0.454 e. The molecule has 5 rings (SSSR count). The molecule has 2 heterocycles. The van der Waals surface area contributed by atoms with Crippen LogP contribution in [0.3, 0.4) is 0 Å². The smallest absolute Gasteiger partial charge is 0.416 e. The fourth-order valence-electron chi connectivity index (χ4n) is 4.34. The lowest BCUT2D eigenvalue weighted by Gasteiger charge is -2.41. The Bertz CT molecular complexity index is 1260. The molecule has 34 heavy (non-hydrogen) atoms. The molecule has 0 aliphatic carbocycles.